The van der Waals surface area contributed by atoms with E-state index in [9.17, 15) is 4.79 Å². The number of rotatable bonds is 3. The average Bonchev–Trinajstić information content (AvgIpc) is 3.03. The molecule has 0 radical (unpaired) electrons. The lowest BCUT2D eigenvalue weighted by Crippen LogP contribution is -2.12. The number of aromatic nitrogens is 1. The highest BCUT2D eigenvalue weighted by molar-refractivity contribution is 7.15. The molecule has 5 heteroatoms. The van der Waals surface area contributed by atoms with Crippen LogP contribution in [0.4, 0.5) is 5.13 Å². The number of hydrogen-bond acceptors (Lipinski definition) is 4. The van der Waals surface area contributed by atoms with Crippen LogP contribution in [0.2, 0.25) is 0 Å². The van der Waals surface area contributed by atoms with Crippen molar-refractivity contribution >= 4 is 22.4 Å². The lowest BCUT2D eigenvalue weighted by atomic mass is 10.1. The fourth-order valence-corrected chi connectivity index (χ4v) is 3.31. The zero-order valence-electron chi connectivity index (χ0n) is 11.6. The van der Waals surface area contributed by atoms with Gasteiger partial charge in [0.15, 0.2) is 5.13 Å². The molecular formula is C15H17N3OS. The van der Waals surface area contributed by atoms with Crippen LogP contribution in [0.1, 0.15) is 39.0 Å². The summed E-state index contributed by atoms with van der Waals surface area (Å²) >= 11 is 1.53. The van der Waals surface area contributed by atoms with E-state index in [1.165, 1.54) is 27.3 Å². The molecule has 2 N–H and O–H groups in total. The van der Waals surface area contributed by atoms with Crippen LogP contribution < -0.4 is 10.6 Å². The van der Waals surface area contributed by atoms with Crippen LogP contribution in [0.5, 0.6) is 0 Å². The number of benzene rings is 1. The summed E-state index contributed by atoms with van der Waals surface area (Å²) in [5.41, 5.74) is 4.24. The summed E-state index contributed by atoms with van der Waals surface area (Å²) in [6.45, 7) is 5.84. The van der Waals surface area contributed by atoms with E-state index in [0.717, 1.165) is 25.2 Å². The van der Waals surface area contributed by atoms with Crippen LogP contribution in [-0.4, -0.2) is 10.9 Å². The first-order valence-electron chi connectivity index (χ1n) is 6.77. The van der Waals surface area contributed by atoms with Crippen LogP contribution >= 0.6 is 11.3 Å². The van der Waals surface area contributed by atoms with E-state index in [4.69, 9.17) is 0 Å². The number of thiazole rings is 1. The summed E-state index contributed by atoms with van der Waals surface area (Å²) in [4.78, 5) is 17.9. The molecule has 20 heavy (non-hydrogen) atoms. The first-order valence-corrected chi connectivity index (χ1v) is 7.59. The summed E-state index contributed by atoms with van der Waals surface area (Å²) in [7, 11) is 0. The first-order chi connectivity index (χ1) is 9.67. The molecule has 1 aliphatic rings. The van der Waals surface area contributed by atoms with E-state index in [0.29, 0.717) is 10.7 Å². The monoisotopic (exact) mass is 287 g/mol. The predicted octanol–water partition coefficient (Wildman–Crippen LogP) is 2.87. The molecule has 0 aliphatic carbocycles. The van der Waals surface area contributed by atoms with Gasteiger partial charge < -0.3 is 5.32 Å². The highest BCUT2D eigenvalue weighted by Crippen LogP contribution is 2.23. The third kappa shape index (κ3) is 2.46. The molecule has 0 spiro atoms. The summed E-state index contributed by atoms with van der Waals surface area (Å²) in [5.74, 6) is -0.0869. The van der Waals surface area contributed by atoms with E-state index in [2.05, 4.69) is 22.5 Å². The molecule has 0 fully saturated rings. The van der Waals surface area contributed by atoms with Crippen LogP contribution in [0.3, 0.4) is 0 Å². The van der Waals surface area contributed by atoms with Gasteiger partial charge in [-0.05, 0) is 36.6 Å². The molecule has 2 heterocycles. The number of nitrogens with zero attached hydrogens (tertiary/aromatic N) is 1. The molecule has 4 nitrogen and oxygen atoms in total. The molecule has 0 saturated heterocycles. The standard InChI is InChI=1S/C15H17N3OS/c1-3-13-9(2)20-15(17-13)18-14(19)10-4-5-11-7-16-8-12(11)6-10/h4-6,16H,3,7-8H2,1-2H3,(H,17,18,19). The Kier molecular flexibility index (Phi) is 3.54. The Balaban J connectivity index is 1.78. The minimum atomic E-state index is -0.0869. The van der Waals surface area contributed by atoms with Crippen molar-refractivity contribution in [2.45, 2.75) is 33.4 Å². The quantitative estimate of drug-likeness (QED) is 0.912. The third-order valence-electron chi connectivity index (χ3n) is 3.55. The number of hydrogen-bond donors (Lipinski definition) is 2. The van der Waals surface area contributed by atoms with E-state index in [1.54, 1.807) is 0 Å². The molecule has 3 rings (SSSR count). The van der Waals surface area contributed by atoms with Crippen molar-refractivity contribution in [2.24, 2.45) is 0 Å². The Hall–Kier alpha value is -1.72. The molecule has 1 aromatic carbocycles. The molecule has 104 valence electrons. The number of anilines is 1. The average molecular weight is 287 g/mol. The Morgan fingerprint density at radius 1 is 1.40 bits per heavy atom. The number of amides is 1. The van der Waals surface area contributed by atoms with Crippen LogP contribution in [-0.2, 0) is 19.5 Å². The van der Waals surface area contributed by atoms with E-state index in [-0.39, 0.29) is 5.91 Å². The van der Waals surface area contributed by atoms with Gasteiger partial charge in [0.05, 0.1) is 5.69 Å². The minimum Gasteiger partial charge on any atom is -0.309 e. The van der Waals surface area contributed by atoms with Gasteiger partial charge in [-0.15, -0.1) is 11.3 Å². The van der Waals surface area contributed by atoms with Gasteiger partial charge >= 0.3 is 0 Å². The number of carbonyl (C=O) groups excluding carboxylic acids is 1. The van der Waals surface area contributed by atoms with Crippen LogP contribution in [0.15, 0.2) is 18.2 Å². The van der Waals surface area contributed by atoms with Gasteiger partial charge in [-0.2, -0.15) is 0 Å². The number of aryl methyl sites for hydroxylation is 2. The van der Waals surface area contributed by atoms with Gasteiger partial charge in [0.1, 0.15) is 0 Å². The maximum absolute atomic E-state index is 12.3. The summed E-state index contributed by atoms with van der Waals surface area (Å²) in [5, 5.41) is 6.86. The summed E-state index contributed by atoms with van der Waals surface area (Å²) in [6.07, 6.45) is 0.892. The van der Waals surface area contributed by atoms with Crippen molar-refractivity contribution in [3.05, 3.63) is 45.5 Å². The predicted molar refractivity (Wildman–Crippen MR) is 81.2 cm³/mol. The van der Waals surface area contributed by atoms with Crippen molar-refractivity contribution < 1.29 is 4.79 Å². The SMILES string of the molecule is CCc1nc(NC(=O)c2ccc3c(c2)CNC3)sc1C. The van der Waals surface area contributed by atoms with E-state index >= 15 is 0 Å². The van der Waals surface area contributed by atoms with Crippen molar-refractivity contribution in [1.82, 2.24) is 10.3 Å². The topological polar surface area (TPSA) is 54.0 Å². The lowest BCUT2D eigenvalue weighted by Gasteiger charge is -2.04. The van der Waals surface area contributed by atoms with Crippen molar-refractivity contribution in [1.29, 1.82) is 0 Å². The lowest BCUT2D eigenvalue weighted by molar-refractivity contribution is 0.102. The maximum atomic E-state index is 12.3. The first kappa shape index (κ1) is 13.3. The molecule has 0 bridgehead atoms. The molecule has 0 saturated carbocycles. The Labute approximate surface area is 122 Å². The maximum Gasteiger partial charge on any atom is 0.257 e. The second-order valence-electron chi connectivity index (χ2n) is 4.92. The van der Waals surface area contributed by atoms with Crippen LogP contribution in [0.25, 0.3) is 0 Å². The van der Waals surface area contributed by atoms with Gasteiger partial charge in [0.25, 0.3) is 5.91 Å². The molecular weight excluding hydrogens is 270 g/mol. The zero-order chi connectivity index (χ0) is 14.1. The number of fused-ring (bicyclic) bond motifs is 1. The van der Waals surface area contributed by atoms with Crippen molar-refractivity contribution in [2.75, 3.05) is 5.32 Å². The third-order valence-corrected chi connectivity index (χ3v) is 4.48. The molecule has 2 aromatic rings. The Morgan fingerprint density at radius 3 is 2.95 bits per heavy atom. The zero-order valence-corrected chi connectivity index (χ0v) is 12.4. The van der Waals surface area contributed by atoms with Crippen molar-refractivity contribution in [3.63, 3.8) is 0 Å². The molecule has 0 unspecified atom stereocenters. The highest BCUT2D eigenvalue weighted by atomic mass is 32.1. The number of carbonyl (C=O) groups is 1. The molecule has 1 amide bonds. The summed E-state index contributed by atoms with van der Waals surface area (Å²) in [6, 6.07) is 5.86. The van der Waals surface area contributed by atoms with Gasteiger partial charge in [0, 0.05) is 23.5 Å². The largest absolute Gasteiger partial charge is 0.309 e. The fourth-order valence-electron chi connectivity index (χ4n) is 2.41. The Morgan fingerprint density at radius 2 is 2.20 bits per heavy atom. The van der Waals surface area contributed by atoms with E-state index < -0.39 is 0 Å². The normalized spacial score (nSPS) is 13.3. The van der Waals surface area contributed by atoms with Crippen molar-refractivity contribution in [3.8, 4) is 0 Å². The molecule has 0 atom stereocenters. The van der Waals surface area contributed by atoms with Gasteiger partial charge in [-0.3, -0.25) is 10.1 Å². The second-order valence-corrected chi connectivity index (χ2v) is 6.12. The Bertz CT molecular complexity index is 663. The fraction of sp³-hybridized carbons (Fsp3) is 0.333. The minimum absolute atomic E-state index is 0.0869. The highest BCUT2D eigenvalue weighted by Gasteiger charge is 2.15. The number of nitrogens with one attached hydrogen (secondary N) is 2. The molecule has 1 aromatic heterocycles. The van der Waals surface area contributed by atoms with Gasteiger partial charge in [-0.1, -0.05) is 13.0 Å². The van der Waals surface area contributed by atoms with Crippen LogP contribution in [0, 0.1) is 6.92 Å². The smallest absolute Gasteiger partial charge is 0.257 e. The molecule has 1 aliphatic heterocycles. The van der Waals surface area contributed by atoms with Gasteiger partial charge in [-0.25, -0.2) is 4.98 Å². The van der Waals surface area contributed by atoms with Gasteiger partial charge in [0.2, 0.25) is 0 Å². The second kappa shape index (κ2) is 5.34. The summed E-state index contributed by atoms with van der Waals surface area (Å²) < 4.78 is 0. The van der Waals surface area contributed by atoms with E-state index in [1.807, 2.05) is 25.1 Å².